The van der Waals surface area contributed by atoms with E-state index in [1.807, 2.05) is 6.92 Å². The van der Waals surface area contributed by atoms with E-state index in [0.717, 1.165) is 17.9 Å². The highest BCUT2D eigenvalue weighted by Crippen LogP contribution is 1.99. The Kier molecular flexibility index (Phi) is 5.88. The van der Waals surface area contributed by atoms with Crippen molar-refractivity contribution in [1.29, 1.82) is 0 Å². The van der Waals surface area contributed by atoms with Gasteiger partial charge in [0, 0.05) is 0 Å². The van der Waals surface area contributed by atoms with Gasteiger partial charge in [-0.05, 0) is 13.3 Å². The summed E-state index contributed by atoms with van der Waals surface area (Å²) >= 11 is 0. The number of nitrogens with zero attached hydrogens (tertiary/aromatic N) is 1. The number of hydrogen-bond donors (Lipinski definition) is 1. The van der Waals surface area contributed by atoms with Gasteiger partial charge in [0.1, 0.15) is 0 Å². The van der Waals surface area contributed by atoms with Crippen LogP contribution in [0, 0.1) is 0 Å². The maximum absolute atomic E-state index is 10.5. The number of amides is 1. The fourth-order valence-corrected chi connectivity index (χ4v) is 0.657. The Morgan fingerprint density at radius 3 is 2.69 bits per heavy atom. The van der Waals surface area contributed by atoms with E-state index in [1.54, 1.807) is 0 Å². The zero-order valence-corrected chi connectivity index (χ0v) is 7.90. The van der Waals surface area contributed by atoms with Crippen LogP contribution >= 0.6 is 0 Å². The van der Waals surface area contributed by atoms with Crippen molar-refractivity contribution < 1.29 is 19.5 Å². The standard InChI is InChI=1S/C8H15NO4/c1-3-4-5-13-9(6-10)7(2)8(11)12/h6-7H,3-5H2,1-2H3,(H,11,12). The largest absolute Gasteiger partial charge is 0.480 e. The second-order valence-electron chi connectivity index (χ2n) is 2.67. The molecule has 1 N–H and O–H groups in total. The highest BCUT2D eigenvalue weighted by atomic mass is 16.7. The topological polar surface area (TPSA) is 66.8 Å². The van der Waals surface area contributed by atoms with E-state index in [1.165, 1.54) is 6.92 Å². The molecule has 76 valence electrons. The highest BCUT2D eigenvalue weighted by Gasteiger charge is 2.19. The van der Waals surface area contributed by atoms with Gasteiger partial charge in [-0.3, -0.25) is 9.63 Å². The Hall–Kier alpha value is -1.10. The second-order valence-corrected chi connectivity index (χ2v) is 2.67. The number of carboxylic acid groups (broad SMARTS) is 1. The van der Waals surface area contributed by atoms with Gasteiger partial charge in [0.2, 0.25) is 6.41 Å². The quantitative estimate of drug-likeness (QED) is 0.363. The predicted molar refractivity (Wildman–Crippen MR) is 45.9 cm³/mol. The summed E-state index contributed by atoms with van der Waals surface area (Å²) in [5, 5.41) is 9.38. The molecule has 13 heavy (non-hydrogen) atoms. The molecule has 5 nitrogen and oxygen atoms in total. The van der Waals surface area contributed by atoms with Crippen LogP contribution in [0.1, 0.15) is 26.7 Å². The van der Waals surface area contributed by atoms with Gasteiger partial charge in [-0.15, -0.1) is 0 Å². The third kappa shape index (κ3) is 4.47. The van der Waals surface area contributed by atoms with Crippen LogP contribution in [0.25, 0.3) is 0 Å². The first-order valence-electron chi connectivity index (χ1n) is 4.22. The molecule has 0 heterocycles. The third-order valence-electron chi connectivity index (χ3n) is 1.58. The van der Waals surface area contributed by atoms with Crippen molar-refractivity contribution in [1.82, 2.24) is 5.06 Å². The van der Waals surface area contributed by atoms with Crippen molar-refractivity contribution in [3.05, 3.63) is 0 Å². The Bertz CT molecular complexity index is 172. The first-order chi connectivity index (χ1) is 6.13. The third-order valence-corrected chi connectivity index (χ3v) is 1.58. The summed E-state index contributed by atoms with van der Waals surface area (Å²) in [6.07, 6.45) is 2.12. The molecular weight excluding hydrogens is 174 g/mol. The predicted octanol–water partition coefficient (Wildman–Crippen LogP) is 0.650. The van der Waals surface area contributed by atoms with Crippen LogP contribution < -0.4 is 0 Å². The Morgan fingerprint density at radius 1 is 1.69 bits per heavy atom. The summed E-state index contributed by atoms with van der Waals surface area (Å²) in [5.41, 5.74) is 0. The lowest BCUT2D eigenvalue weighted by Gasteiger charge is -2.20. The van der Waals surface area contributed by atoms with Gasteiger partial charge in [0.15, 0.2) is 6.04 Å². The normalized spacial score (nSPS) is 12.2. The van der Waals surface area contributed by atoms with Crippen molar-refractivity contribution in [2.75, 3.05) is 6.61 Å². The van der Waals surface area contributed by atoms with Crippen LogP contribution in [0.2, 0.25) is 0 Å². The molecule has 0 radical (unpaired) electrons. The zero-order chi connectivity index (χ0) is 10.3. The summed E-state index contributed by atoms with van der Waals surface area (Å²) in [6.45, 7) is 3.74. The maximum atomic E-state index is 10.5. The summed E-state index contributed by atoms with van der Waals surface area (Å²) in [5.74, 6) is -1.08. The molecule has 0 aliphatic carbocycles. The molecule has 5 heteroatoms. The summed E-state index contributed by atoms with van der Waals surface area (Å²) in [4.78, 5) is 25.8. The molecule has 0 aliphatic rings. The Balaban J connectivity index is 3.87. The zero-order valence-electron chi connectivity index (χ0n) is 7.90. The SMILES string of the molecule is CCCCON(C=O)C(C)C(=O)O. The second kappa shape index (κ2) is 6.42. The average Bonchev–Trinajstić information content (AvgIpc) is 2.11. The molecular formula is C8H15NO4. The van der Waals surface area contributed by atoms with Gasteiger partial charge < -0.3 is 5.11 Å². The molecule has 0 aromatic heterocycles. The fourth-order valence-electron chi connectivity index (χ4n) is 0.657. The van der Waals surface area contributed by atoms with Gasteiger partial charge in [0.05, 0.1) is 6.61 Å². The lowest BCUT2D eigenvalue weighted by molar-refractivity contribution is -0.194. The lowest BCUT2D eigenvalue weighted by atomic mass is 10.3. The summed E-state index contributed by atoms with van der Waals surface area (Å²) in [7, 11) is 0. The molecule has 0 saturated carbocycles. The van der Waals surface area contributed by atoms with Crippen LogP contribution in [0.5, 0.6) is 0 Å². The van der Waals surface area contributed by atoms with Crippen molar-refractivity contribution >= 4 is 12.4 Å². The smallest absolute Gasteiger partial charge is 0.328 e. The number of hydroxylamine groups is 2. The molecule has 0 rings (SSSR count). The molecule has 0 aromatic rings. The van der Waals surface area contributed by atoms with E-state index in [4.69, 9.17) is 9.94 Å². The van der Waals surface area contributed by atoms with E-state index in [0.29, 0.717) is 13.0 Å². The van der Waals surface area contributed by atoms with Crippen LogP contribution in [0.4, 0.5) is 0 Å². The van der Waals surface area contributed by atoms with Crippen molar-refractivity contribution in [2.45, 2.75) is 32.7 Å². The number of carbonyl (C=O) groups is 2. The van der Waals surface area contributed by atoms with E-state index < -0.39 is 12.0 Å². The molecule has 0 aliphatic heterocycles. The molecule has 1 unspecified atom stereocenters. The average molecular weight is 189 g/mol. The molecule has 0 spiro atoms. The molecule has 1 atom stereocenters. The number of unbranched alkanes of at least 4 members (excludes halogenated alkanes) is 1. The van der Waals surface area contributed by atoms with Crippen molar-refractivity contribution in [2.24, 2.45) is 0 Å². The number of carbonyl (C=O) groups excluding carboxylic acids is 1. The van der Waals surface area contributed by atoms with E-state index >= 15 is 0 Å². The van der Waals surface area contributed by atoms with E-state index in [2.05, 4.69) is 0 Å². The summed E-state index contributed by atoms with van der Waals surface area (Å²) < 4.78 is 0. The molecule has 0 saturated heterocycles. The monoisotopic (exact) mass is 189 g/mol. The number of hydrogen-bond acceptors (Lipinski definition) is 3. The first kappa shape index (κ1) is 11.9. The molecule has 0 aromatic carbocycles. The first-order valence-corrected chi connectivity index (χ1v) is 4.22. The van der Waals surface area contributed by atoms with Crippen molar-refractivity contribution in [3.63, 3.8) is 0 Å². The Labute approximate surface area is 77.2 Å². The van der Waals surface area contributed by atoms with Crippen molar-refractivity contribution in [3.8, 4) is 0 Å². The minimum atomic E-state index is -1.08. The molecule has 0 fully saturated rings. The number of aliphatic carboxylic acids is 1. The highest BCUT2D eigenvalue weighted by molar-refractivity contribution is 5.75. The van der Waals surface area contributed by atoms with Crippen LogP contribution in [-0.2, 0) is 14.4 Å². The fraction of sp³-hybridized carbons (Fsp3) is 0.750. The molecule has 1 amide bonds. The maximum Gasteiger partial charge on any atom is 0.328 e. The Morgan fingerprint density at radius 2 is 2.31 bits per heavy atom. The minimum absolute atomic E-state index is 0.368. The minimum Gasteiger partial charge on any atom is -0.480 e. The van der Waals surface area contributed by atoms with E-state index in [9.17, 15) is 9.59 Å². The van der Waals surface area contributed by atoms with Gasteiger partial charge in [0.25, 0.3) is 0 Å². The number of rotatable bonds is 7. The van der Waals surface area contributed by atoms with Crippen LogP contribution in [0.15, 0.2) is 0 Å². The van der Waals surface area contributed by atoms with Gasteiger partial charge in [-0.2, -0.15) is 0 Å². The summed E-state index contributed by atoms with van der Waals surface area (Å²) in [6, 6.07) is -0.936. The lowest BCUT2D eigenvalue weighted by Crippen LogP contribution is -2.38. The van der Waals surface area contributed by atoms with Gasteiger partial charge in [-0.1, -0.05) is 13.3 Å². The van der Waals surface area contributed by atoms with Gasteiger partial charge >= 0.3 is 5.97 Å². The van der Waals surface area contributed by atoms with E-state index in [-0.39, 0.29) is 0 Å². The van der Waals surface area contributed by atoms with Crippen LogP contribution in [-0.4, -0.2) is 35.2 Å². The van der Waals surface area contributed by atoms with Gasteiger partial charge in [-0.25, -0.2) is 9.86 Å². The molecule has 0 bridgehead atoms. The number of carboxylic acids is 1. The van der Waals surface area contributed by atoms with Crippen LogP contribution in [0.3, 0.4) is 0 Å².